The maximum absolute atomic E-state index is 10.6. The summed E-state index contributed by atoms with van der Waals surface area (Å²) < 4.78 is 0. The molecule has 0 saturated heterocycles. The predicted molar refractivity (Wildman–Crippen MR) is 105 cm³/mol. The molecule has 0 bridgehead atoms. The van der Waals surface area contributed by atoms with E-state index in [0.717, 1.165) is 24.0 Å². The van der Waals surface area contributed by atoms with Gasteiger partial charge in [0.15, 0.2) is 0 Å². The van der Waals surface area contributed by atoms with Crippen molar-refractivity contribution in [2.24, 2.45) is 0 Å². The van der Waals surface area contributed by atoms with Crippen LogP contribution < -0.4 is 10.2 Å². The van der Waals surface area contributed by atoms with Gasteiger partial charge < -0.3 is 19.8 Å². The molecule has 0 heterocycles. The van der Waals surface area contributed by atoms with Crippen molar-refractivity contribution in [3.05, 3.63) is 70.8 Å². The Hall–Kier alpha value is -1.05. The number of carboxylic acid groups (broad SMARTS) is 2. The molecule has 2 aromatic carbocycles. The molecule has 0 spiro atoms. The summed E-state index contributed by atoms with van der Waals surface area (Å²) in [4.78, 5) is 21.1. The summed E-state index contributed by atoms with van der Waals surface area (Å²) in [6, 6.07) is 13.9. The number of rotatable bonds is 6. The summed E-state index contributed by atoms with van der Waals surface area (Å²) in [6.45, 7) is 8.31. The second-order valence-corrected chi connectivity index (χ2v) is 6.44. The third-order valence-electron chi connectivity index (χ3n) is 4.61. The van der Waals surface area contributed by atoms with Crippen LogP contribution >= 0.6 is 0 Å². The van der Waals surface area contributed by atoms with Crippen molar-refractivity contribution < 1.29 is 19.8 Å². The normalized spacial score (nSPS) is 12.0. The smallest absolute Gasteiger partial charge is 0.545 e. The number of hydrogen-bond acceptors (Lipinski definition) is 4. The Balaban J connectivity index is 0.000000483. The quantitative estimate of drug-likeness (QED) is 0.582. The van der Waals surface area contributed by atoms with E-state index < -0.39 is 11.9 Å². The van der Waals surface area contributed by atoms with Gasteiger partial charge in [0.2, 0.25) is 0 Å². The molecule has 2 atom stereocenters. The van der Waals surface area contributed by atoms with Crippen LogP contribution in [-0.4, -0.2) is 60.8 Å². The van der Waals surface area contributed by atoms with E-state index in [0.29, 0.717) is 11.8 Å². The molecule has 0 saturated carbocycles. The van der Waals surface area contributed by atoms with Gasteiger partial charge >= 0.3 is 48.9 Å². The molecule has 4 nitrogen and oxygen atoms in total. The van der Waals surface area contributed by atoms with Crippen molar-refractivity contribution in [1.82, 2.24) is 0 Å². The van der Waals surface area contributed by atoms with E-state index in [1.54, 1.807) is 36.4 Å². The topological polar surface area (TPSA) is 80.3 Å². The number of benzene rings is 2. The maximum Gasteiger partial charge on any atom is 2.00 e. The Morgan fingerprint density at radius 3 is 1.37 bits per heavy atom. The molecule has 2 aromatic rings. The monoisotopic (exact) mass is 492 g/mol. The molecule has 0 amide bonds. The zero-order valence-electron chi connectivity index (χ0n) is 16.5. The van der Waals surface area contributed by atoms with Gasteiger partial charge in [-0.05, 0) is 59.1 Å². The fraction of sp³-hybridized carbons (Fsp3) is 0.364. The van der Waals surface area contributed by atoms with E-state index >= 15 is 0 Å². The van der Waals surface area contributed by atoms with Crippen LogP contribution in [0, 0.1) is 0 Å². The second-order valence-electron chi connectivity index (χ2n) is 6.44. The van der Waals surface area contributed by atoms with Gasteiger partial charge in [0.1, 0.15) is 0 Å². The standard InChI is InChI=1S/2C11H14O2.Ba/c2*1-3-8(2)9-5-4-6-10(7-9)11(12)13;/h2*4-8H,3H2,1-2H3,(H,12,13);/q;;+2/p-2. The molecule has 27 heavy (non-hydrogen) atoms. The number of hydrogen-bond donors (Lipinski definition) is 0. The van der Waals surface area contributed by atoms with Gasteiger partial charge in [-0.2, -0.15) is 0 Å². The van der Waals surface area contributed by atoms with Crippen molar-refractivity contribution in [1.29, 1.82) is 0 Å². The van der Waals surface area contributed by atoms with E-state index in [-0.39, 0.29) is 60.0 Å². The van der Waals surface area contributed by atoms with Crippen molar-refractivity contribution >= 4 is 60.8 Å². The Morgan fingerprint density at radius 2 is 1.11 bits per heavy atom. The van der Waals surface area contributed by atoms with Crippen LogP contribution in [0.5, 0.6) is 0 Å². The Labute approximate surface area is 202 Å². The van der Waals surface area contributed by atoms with Gasteiger partial charge in [-0.25, -0.2) is 0 Å². The van der Waals surface area contributed by atoms with Crippen LogP contribution in [-0.2, 0) is 0 Å². The van der Waals surface area contributed by atoms with E-state index in [2.05, 4.69) is 27.7 Å². The molecule has 0 aromatic heterocycles. The second kappa shape index (κ2) is 13.2. The molecular weight excluding hydrogens is 466 g/mol. The van der Waals surface area contributed by atoms with E-state index in [1.165, 1.54) is 0 Å². The average molecular weight is 492 g/mol. The number of carboxylic acids is 2. The summed E-state index contributed by atoms with van der Waals surface area (Å²) >= 11 is 0. The number of carbonyl (C=O) groups is 2. The molecule has 0 aliphatic heterocycles. The van der Waals surface area contributed by atoms with Gasteiger partial charge in [-0.3, -0.25) is 0 Å². The minimum absolute atomic E-state index is 0. The summed E-state index contributed by atoms with van der Waals surface area (Å²) in [5.41, 5.74) is 2.64. The number of carbonyl (C=O) groups excluding carboxylic acids is 2. The molecule has 0 aliphatic rings. The minimum Gasteiger partial charge on any atom is -0.545 e. The molecule has 2 rings (SSSR count). The molecule has 2 unspecified atom stereocenters. The molecular formula is C22H26BaO4. The molecule has 140 valence electrons. The fourth-order valence-corrected chi connectivity index (χ4v) is 2.42. The molecule has 0 aliphatic carbocycles. The SMILES string of the molecule is CCC(C)c1cccc(C(=O)[O-])c1.CCC(C)c1cccc(C(=O)[O-])c1.[Ba+2]. The van der Waals surface area contributed by atoms with Crippen LogP contribution in [0.4, 0.5) is 0 Å². The van der Waals surface area contributed by atoms with Crippen LogP contribution in [0.25, 0.3) is 0 Å². The molecule has 5 heteroatoms. The van der Waals surface area contributed by atoms with E-state index in [1.807, 2.05) is 12.1 Å². The van der Waals surface area contributed by atoms with Crippen molar-refractivity contribution in [2.45, 2.75) is 52.4 Å². The van der Waals surface area contributed by atoms with Crippen molar-refractivity contribution in [2.75, 3.05) is 0 Å². The largest absolute Gasteiger partial charge is 2.00 e. The molecule has 0 radical (unpaired) electrons. The third-order valence-corrected chi connectivity index (χ3v) is 4.61. The zero-order valence-corrected chi connectivity index (χ0v) is 21.0. The van der Waals surface area contributed by atoms with E-state index in [4.69, 9.17) is 0 Å². The Kier molecular flexibility index (Phi) is 12.7. The first-order valence-electron chi connectivity index (χ1n) is 8.92. The van der Waals surface area contributed by atoms with Gasteiger partial charge in [-0.15, -0.1) is 0 Å². The van der Waals surface area contributed by atoms with Crippen LogP contribution in [0.3, 0.4) is 0 Å². The van der Waals surface area contributed by atoms with Crippen LogP contribution in [0.2, 0.25) is 0 Å². The molecule has 0 fully saturated rings. The van der Waals surface area contributed by atoms with Crippen LogP contribution in [0.15, 0.2) is 48.5 Å². The minimum atomic E-state index is -1.11. The fourth-order valence-electron chi connectivity index (χ4n) is 2.42. The predicted octanol–water partition coefficient (Wildman–Crippen LogP) is 2.75. The van der Waals surface area contributed by atoms with Crippen molar-refractivity contribution in [3.8, 4) is 0 Å². The van der Waals surface area contributed by atoms with Gasteiger partial charge in [-0.1, -0.05) is 64.1 Å². The summed E-state index contributed by atoms with van der Waals surface area (Å²) in [6.07, 6.45) is 2.02. The van der Waals surface area contributed by atoms with Crippen molar-refractivity contribution in [3.63, 3.8) is 0 Å². The first kappa shape index (κ1) is 26.0. The third kappa shape index (κ3) is 8.66. The van der Waals surface area contributed by atoms with Gasteiger partial charge in [0, 0.05) is 0 Å². The summed E-state index contributed by atoms with van der Waals surface area (Å²) in [5.74, 6) is -1.41. The Bertz CT molecular complexity index is 679. The number of aromatic carboxylic acids is 2. The summed E-state index contributed by atoms with van der Waals surface area (Å²) in [5, 5.41) is 21.1. The first-order valence-corrected chi connectivity index (χ1v) is 8.92. The Morgan fingerprint density at radius 1 is 0.778 bits per heavy atom. The zero-order chi connectivity index (χ0) is 19.7. The van der Waals surface area contributed by atoms with Gasteiger partial charge in [0.05, 0.1) is 11.9 Å². The van der Waals surface area contributed by atoms with Crippen LogP contribution in [0.1, 0.15) is 84.2 Å². The molecule has 0 N–H and O–H groups in total. The van der Waals surface area contributed by atoms with E-state index in [9.17, 15) is 19.8 Å². The van der Waals surface area contributed by atoms with Gasteiger partial charge in [0.25, 0.3) is 0 Å². The summed E-state index contributed by atoms with van der Waals surface area (Å²) in [7, 11) is 0. The maximum atomic E-state index is 10.6. The first-order chi connectivity index (χ1) is 12.3. The average Bonchev–Trinajstić information content (AvgIpc) is 2.67.